The molecule has 0 N–H and O–H groups in total. The minimum Gasteiger partial charge on any atom is -0.470 e. The van der Waals surface area contributed by atoms with Crippen molar-refractivity contribution < 1.29 is 8.83 Å². The third kappa shape index (κ3) is 4.25. The molecule has 7 nitrogen and oxygen atoms in total. The molecule has 1 saturated heterocycles. The van der Waals surface area contributed by atoms with E-state index < -0.39 is 0 Å². The number of thioether (sulfide) groups is 1. The molecule has 0 atom stereocenters. The predicted octanol–water partition coefficient (Wildman–Crippen LogP) is 3.03. The Morgan fingerprint density at radius 2 is 1.88 bits per heavy atom. The Morgan fingerprint density at radius 1 is 1.04 bits per heavy atom. The number of hydrogen-bond donors (Lipinski definition) is 0. The topological polar surface area (TPSA) is 71.4 Å². The van der Waals surface area contributed by atoms with E-state index in [2.05, 4.69) is 25.0 Å². The molecule has 0 spiro atoms. The summed E-state index contributed by atoms with van der Waals surface area (Å²) in [5.74, 6) is 1.52. The molecule has 0 aromatic carbocycles. The van der Waals surface area contributed by atoms with E-state index in [0.717, 1.165) is 50.5 Å². The van der Waals surface area contributed by atoms with Gasteiger partial charge in [0.1, 0.15) is 6.26 Å². The number of piperazine rings is 1. The smallest absolute Gasteiger partial charge is 0.276 e. The molecule has 0 amide bonds. The highest BCUT2D eigenvalue weighted by Gasteiger charge is 2.17. The molecule has 1 fully saturated rings. The monoisotopic (exact) mass is 371 g/mol. The highest BCUT2D eigenvalue weighted by molar-refractivity contribution is 7.99. The van der Waals surface area contributed by atoms with Crippen molar-refractivity contribution in [3.05, 3.63) is 43.1 Å². The van der Waals surface area contributed by atoms with Crippen LogP contribution in [0.3, 0.4) is 0 Å². The van der Waals surface area contributed by atoms with E-state index in [1.807, 2.05) is 24.5 Å². The number of rotatable bonds is 7. The average molecular weight is 371 g/mol. The summed E-state index contributed by atoms with van der Waals surface area (Å²) >= 11 is 1.62. The molecule has 0 saturated carbocycles. The molecule has 136 valence electrons. The predicted molar refractivity (Wildman–Crippen MR) is 100 cm³/mol. The van der Waals surface area contributed by atoms with Crippen LogP contribution in [-0.4, -0.2) is 58.6 Å². The number of hydrogen-bond acceptors (Lipinski definition) is 8. The van der Waals surface area contributed by atoms with Crippen LogP contribution in [0.15, 0.2) is 57.2 Å². The number of nitrogens with zero attached hydrogens (tertiary/aromatic N) is 5. The van der Waals surface area contributed by atoms with E-state index in [0.29, 0.717) is 11.1 Å². The first-order chi connectivity index (χ1) is 12.9. The van der Waals surface area contributed by atoms with Gasteiger partial charge >= 0.3 is 0 Å². The summed E-state index contributed by atoms with van der Waals surface area (Å²) in [4.78, 5) is 8.87. The quantitative estimate of drug-likeness (QED) is 0.464. The summed E-state index contributed by atoms with van der Waals surface area (Å²) in [6.45, 7) is 5.36. The second kappa shape index (κ2) is 8.37. The number of pyridine rings is 1. The molecule has 4 heterocycles. The SMILES string of the molecule is c1cc(-c2nnc(SCCCN3CCN(c4ccoc4)CC3)o2)ccn1. The summed E-state index contributed by atoms with van der Waals surface area (Å²) in [6, 6.07) is 5.76. The summed E-state index contributed by atoms with van der Waals surface area (Å²) in [5.41, 5.74) is 2.08. The normalized spacial score (nSPS) is 15.5. The van der Waals surface area contributed by atoms with Crippen LogP contribution in [0.25, 0.3) is 11.5 Å². The molecular weight excluding hydrogens is 350 g/mol. The maximum atomic E-state index is 5.70. The van der Waals surface area contributed by atoms with Crippen LogP contribution in [0.2, 0.25) is 0 Å². The zero-order chi connectivity index (χ0) is 17.6. The fraction of sp³-hybridized carbons (Fsp3) is 0.389. The fourth-order valence-electron chi connectivity index (χ4n) is 2.99. The summed E-state index contributed by atoms with van der Waals surface area (Å²) in [6.07, 6.45) is 8.09. The highest BCUT2D eigenvalue weighted by Crippen LogP contribution is 2.23. The third-order valence-corrected chi connectivity index (χ3v) is 5.33. The van der Waals surface area contributed by atoms with Gasteiger partial charge in [0.05, 0.1) is 12.0 Å². The van der Waals surface area contributed by atoms with Crippen molar-refractivity contribution in [3.63, 3.8) is 0 Å². The largest absolute Gasteiger partial charge is 0.470 e. The van der Waals surface area contributed by atoms with Crippen LogP contribution in [0.5, 0.6) is 0 Å². The summed E-state index contributed by atoms with van der Waals surface area (Å²) in [7, 11) is 0. The van der Waals surface area contributed by atoms with Crippen LogP contribution in [-0.2, 0) is 0 Å². The van der Waals surface area contributed by atoms with Gasteiger partial charge in [-0.05, 0) is 31.2 Å². The molecule has 8 heteroatoms. The summed E-state index contributed by atoms with van der Waals surface area (Å²) in [5, 5.41) is 8.84. The van der Waals surface area contributed by atoms with Gasteiger partial charge in [-0.15, -0.1) is 10.2 Å². The first kappa shape index (κ1) is 17.1. The van der Waals surface area contributed by atoms with Crippen molar-refractivity contribution in [1.29, 1.82) is 0 Å². The molecule has 3 aromatic rings. The van der Waals surface area contributed by atoms with E-state index in [9.17, 15) is 0 Å². The average Bonchev–Trinajstić information content (AvgIpc) is 3.39. The zero-order valence-electron chi connectivity index (χ0n) is 14.5. The maximum Gasteiger partial charge on any atom is 0.276 e. The Kier molecular flexibility index (Phi) is 5.51. The van der Waals surface area contributed by atoms with Gasteiger partial charge in [-0.2, -0.15) is 0 Å². The molecule has 1 aliphatic heterocycles. The van der Waals surface area contributed by atoms with E-state index in [1.165, 1.54) is 5.69 Å². The fourth-order valence-corrected chi connectivity index (χ4v) is 3.68. The highest BCUT2D eigenvalue weighted by atomic mass is 32.2. The van der Waals surface area contributed by atoms with Crippen LogP contribution in [0.4, 0.5) is 5.69 Å². The van der Waals surface area contributed by atoms with Crippen molar-refractivity contribution in [2.45, 2.75) is 11.6 Å². The van der Waals surface area contributed by atoms with Gasteiger partial charge in [-0.3, -0.25) is 9.88 Å². The molecule has 1 aliphatic rings. The van der Waals surface area contributed by atoms with E-state index >= 15 is 0 Å². The van der Waals surface area contributed by atoms with E-state index in [1.54, 1.807) is 30.4 Å². The molecule has 0 radical (unpaired) electrons. The lowest BCUT2D eigenvalue weighted by Gasteiger charge is -2.35. The molecule has 4 rings (SSSR count). The Bertz CT molecular complexity index is 785. The first-order valence-electron chi connectivity index (χ1n) is 8.75. The molecule has 0 bridgehead atoms. The minimum atomic E-state index is 0.547. The Morgan fingerprint density at radius 3 is 2.65 bits per heavy atom. The van der Waals surface area contributed by atoms with Crippen LogP contribution >= 0.6 is 11.8 Å². The van der Waals surface area contributed by atoms with Gasteiger partial charge in [0.15, 0.2) is 0 Å². The maximum absolute atomic E-state index is 5.70. The third-order valence-electron chi connectivity index (χ3n) is 4.42. The van der Waals surface area contributed by atoms with Gasteiger partial charge in [-0.1, -0.05) is 11.8 Å². The van der Waals surface area contributed by atoms with E-state index in [4.69, 9.17) is 8.83 Å². The van der Waals surface area contributed by atoms with Crippen LogP contribution in [0, 0.1) is 0 Å². The van der Waals surface area contributed by atoms with Crippen molar-refractivity contribution in [3.8, 4) is 11.5 Å². The van der Waals surface area contributed by atoms with Crippen LogP contribution < -0.4 is 4.90 Å². The number of anilines is 1. The molecule has 0 aliphatic carbocycles. The zero-order valence-corrected chi connectivity index (χ0v) is 15.3. The Balaban J connectivity index is 1.17. The lowest BCUT2D eigenvalue weighted by atomic mass is 10.3. The van der Waals surface area contributed by atoms with E-state index in [-0.39, 0.29) is 0 Å². The molecule has 0 unspecified atom stereocenters. The van der Waals surface area contributed by atoms with Gasteiger partial charge in [-0.25, -0.2) is 0 Å². The first-order valence-corrected chi connectivity index (χ1v) is 9.73. The van der Waals surface area contributed by atoms with Gasteiger partial charge < -0.3 is 13.7 Å². The number of aromatic nitrogens is 3. The standard InChI is InChI=1S/C18H21N5O2S/c1(7-22-8-10-23(11-9-22)16-4-12-24-14-16)13-26-18-21-20-17(25-18)15-2-5-19-6-3-15/h2-6,12,14H,1,7-11,13H2. The Labute approximate surface area is 156 Å². The number of furan rings is 1. The van der Waals surface area contributed by atoms with Gasteiger partial charge in [0, 0.05) is 49.9 Å². The van der Waals surface area contributed by atoms with Crippen molar-refractivity contribution in [2.75, 3.05) is 43.4 Å². The molecule has 3 aromatic heterocycles. The lowest BCUT2D eigenvalue weighted by Crippen LogP contribution is -2.46. The second-order valence-corrected chi connectivity index (χ2v) is 7.17. The lowest BCUT2D eigenvalue weighted by molar-refractivity contribution is 0.259. The summed E-state index contributed by atoms with van der Waals surface area (Å²) < 4.78 is 10.9. The van der Waals surface area contributed by atoms with Crippen molar-refractivity contribution >= 4 is 17.4 Å². The van der Waals surface area contributed by atoms with Crippen molar-refractivity contribution in [2.24, 2.45) is 0 Å². The Hall–Kier alpha value is -2.32. The van der Waals surface area contributed by atoms with Crippen LogP contribution in [0.1, 0.15) is 6.42 Å². The second-order valence-electron chi connectivity index (χ2n) is 6.12. The van der Waals surface area contributed by atoms with Crippen molar-refractivity contribution in [1.82, 2.24) is 20.1 Å². The molecule has 26 heavy (non-hydrogen) atoms. The minimum absolute atomic E-state index is 0.547. The molecular formula is C18H21N5O2S. The van der Waals surface area contributed by atoms with Gasteiger partial charge in [0.25, 0.3) is 5.22 Å². The van der Waals surface area contributed by atoms with Gasteiger partial charge in [0.2, 0.25) is 5.89 Å².